The van der Waals surface area contributed by atoms with Crippen LogP contribution in [0, 0.1) is 0 Å². The van der Waals surface area contributed by atoms with Crippen molar-refractivity contribution in [3.63, 3.8) is 0 Å². The topological polar surface area (TPSA) is 64.6 Å². The molecule has 0 unspecified atom stereocenters. The van der Waals surface area contributed by atoms with E-state index in [4.69, 9.17) is 16.3 Å². The summed E-state index contributed by atoms with van der Waals surface area (Å²) in [7, 11) is 1.38. The first kappa shape index (κ1) is 18.3. The average molecular weight is 366 g/mol. The van der Waals surface area contributed by atoms with Crippen molar-refractivity contribution >= 4 is 40.9 Å². The summed E-state index contributed by atoms with van der Waals surface area (Å²) in [5.41, 5.74) is 0.644. The Labute approximate surface area is 149 Å². The molecule has 7 heteroatoms. The van der Waals surface area contributed by atoms with Gasteiger partial charge < -0.3 is 14.8 Å². The van der Waals surface area contributed by atoms with Gasteiger partial charge in [0.05, 0.1) is 5.69 Å². The van der Waals surface area contributed by atoms with Crippen LogP contribution in [0.4, 0.5) is 5.69 Å². The third kappa shape index (κ3) is 5.88. The van der Waals surface area contributed by atoms with Crippen molar-refractivity contribution in [3.8, 4) is 0 Å². The summed E-state index contributed by atoms with van der Waals surface area (Å²) < 4.78 is 9.42. The van der Waals surface area contributed by atoms with Gasteiger partial charge >= 0.3 is 5.97 Å². The highest BCUT2D eigenvalue weighted by molar-refractivity contribution is 7.99. The van der Waals surface area contributed by atoms with Gasteiger partial charge in [-0.1, -0.05) is 35.5 Å². The molecule has 0 saturated carbocycles. The molecule has 0 bridgehead atoms. The Bertz CT molecular complexity index is 706. The summed E-state index contributed by atoms with van der Waals surface area (Å²) >= 11 is 7.38. The Morgan fingerprint density at radius 2 is 1.79 bits per heavy atom. The monoisotopic (exact) mass is 365 g/mol. The lowest BCUT2D eigenvalue weighted by Crippen LogP contribution is -2.22. The van der Waals surface area contributed by atoms with Crippen LogP contribution >= 0.6 is 23.4 Å². The number of carbonyl (C=O) groups is 2. The zero-order valence-corrected chi connectivity index (χ0v) is 14.5. The number of benzene rings is 2. The average Bonchev–Trinajstić information content (AvgIpc) is 2.57. The van der Waals surface area contributed by atoms with Crippen molar-refractivity contribution in [1.29, 1.82) is 0 Å². The van der Waals surface area contributed by atoms with E-state index >= 15 is 0 Å². The van der Waals surface area contributed by atoms with Crippen molar-refractivity contribution in [2.45, 2.75) is 9.79 Å². The summed E-state index contributed by atoms with van der Waals surface area (Å²) in [6.45, 7) is -0.543. The molecule has 0 aliphatic heterocycles. The molecule has 0 fully saturated rings. The molecule has 1 amide bonds. The van der Waals surface area contributed by atoms with E-state index in [0.717, 1.165) is 9.79 Å². The number of nitrogens with one attached hydrogen (secondary N) is 1. The lowest BCUT2D eigenvalue weighted by molar-refractivity contribution is -0.150. The molecule has 0 atom stereocenters. The Kier molecular flexibility index (Phi) is 7.11. The van der Waals surface area contributed by atoms with Crippen LogP contribution in [-0.2, 0) is 19.1 Å². The van der Waals surface area contributed by atoms with Gasteiger partial charge in [0.1, 0.15) is 6.61 Å². The van der Waals surface area contributed by atoms with Crippen LogP contribution in [0.3, 0.4) is 0 Å². The molecule has 126 valence electrons. The zero-order valence-electron chi connectivity index (χ0n) is 13.0. The Hall–Kier alpha value is -2.02. The summed E-state index contributed by atoms with van der Waals surface area (Å²) in [6, 6.07) is 14.8. The van der Waals surface area contributed by atoms with Gasteiger partial charge in [0.15, 0.2) is 6.61 Å². The van der Waals surface area contributed by atoms with Crippen LogP contribution in [0.5, 0.6) is 0 Å². The minimum Gasteiger partial charge on any atom is -0.454 e. The molecule has 5 nitrogen and oxygen atoms in total. The predicted octanol–water partition coefficient (Wildman–Crippen LogP) is 3.62. The zero-order chi connectivity index (χ0) is 17.4. The lowest BCUT2D eigenvalue weighted by Gasteiger charge is -2.11. The minimum atomic E-state index is -0.587. The van der Waals surface area contributed by atoms with Crippen LogP contribution in [0.25, 0.3) is 0 Å². The van der Waals surface area contributed by atoms with Gasteiger partial charge in [-0.15, -0.1) is 0 Å². The molecule has 0 radical (unpaired) electrons. The van der Waals surface area contributed by atoms with Crippen LogP contribution in [0.2, 0.25) is 5.02 Å². The summed E-state index contributed by atoms with van der Waals surface area (Å²) in [5.74, 6) is -1.000. The standard InChI is InChI=1S/C17H16ClNO4S/c1-22-11-17(21)23-10-16(20)19-14-4-2-3-5-15(14)24-13-8-6-12(18)7-9-13/h2-9H,10-11H2,1H3,(H,19,20). The summed E-state index contributed by atoms with van der Waals surface area (Å²) in [6.07, 6.45) is 0. The van der Waals surface area contributed by atoms with E-state index in [9.17, 15) is 9.59 Å². The van der Waals surface area contributed by atoms with E-state index in [1.165, 1.54) is 18.9 Å². The second-order valence-corrected chi connectivity index (χ2v) is 6.25. The van der Waals surface area contributed by atoms with Gasteiger partial charge in [0, 0.05) is 21.9 Å². The van der Waals surface area contributed by atoms with E-state index in [1.807, 2.05) is 30.3 Å². The summed E-state index contributed by atoms with van der Waals surface area (Å²) in [5, 5.41) is 3.40. The number of rotatable bonds is 7. The number of halogens is 1. The van der Waals surface area contributed by atoms with E-state index in [2.05, 4.69) is 10.1 Å². The van der Waals surface area contributed by atoms with E-state index in [1.54, 1.807) is 18.2 Å². The highest BCUT2D eigenvalue weighted by Crippen LogP contribution is 2.33. The maximum Gasteiger partial charge on any atom is 0.332 e. The molecule has 0 spiro atoms. The van der Waals surface area contributed by atoms with Gasteiger partial charge in [-0.3, -0.25) is 4.79 Å². The number of hydrogen-bond acceptors (Lipinski definition) is 5. The smallest absolute Gasteiger partial charge is 0.332 e. The van der Waals surface area contributed by atoms with E-state index in [0.29, 0.717) is 10.7 Å². The molecular formula is C17H16ClNO4S. The predicted molar refractivity (Wildman–Crippen MR) is 93.5 cm³/mol. The van der Waals surface area contributed by atoms with Gasteiger partial charge in [0.2, 0.25) is 0 Å². The molecule has 0 saturated heterocycles. The Balaban J connectivity index is 1.99. The van der Waals surface area contributed by atoms with Crippen molar-refractivity contribution in [2.75, 3.05) is 25.6 Å². The third-order valence-corrected chi connectivity index (χ3v) is 4.16. The first-order valence-electron chi connectivity index (χ1n) is 7.05. The molecule has 0 aromatic heterocycles. The van der Waals surface area contributed by atoms with Crippen LogP contribution in [0.15, 0.2) is 58.3 Å². The number of esters is 1. The SMILES string of the molecule is COCC(=O)OCC(=O)Nc1ccccc1Sc1ccc(Cl)cc1. The molecule has 1 N–H and O–H groups in total. The largest absolute Gasteiger partial charge is 0.454 e. The van der Waals surface area contributed by atoms with Gasteiger partial charge in [0.25, 0.3) is 5.91 Å². The molecule has 0 aliphatic rings. The number of hydrogen-bond donors (Lipinski definition) is 1. The fourth-order valence-electron chi connectivity index (χ4n) is 1.78. The fourth-order valence-corrected chi connectivity index (χ4v) is 2.81. The second-order valence-electron chi connectivity index (χ2n) is 4.69. The van der Waals surface area contributed by atoms with Gasteiger partial charge in [-0.2, -0.15) is 0 Å². The molecule has 24 heavy (non-hydrogen) atoms. The second kappa shape index (κ2) is 9.32. The molecule has 2 rings (SSSR count). The Morgan fingerprint density at radius 1 is 1.08 bits per heavy atom. The van der Waals surface area contributed by atoms with Crippen molar-refractivity contribution in [2.24, 2.45) is 0 Å². The maximum atomic E-state index is 11.9. The molecular weight excluding hydrogens is 350 g/mol. The van der Waals surface area contributed by atoms with Gasteiger partial charge in [-0.25, -0.2) is 4.79 Å². The number of amides is 1. The number of methoxy groups -OCH3 is 1. The first-order valence-corrected chi connectivity index (χ1v) is 8.25. The highest BCUT2D eigenvalue weighted by atomic mass is 35.5. The highest BCUT2D eigenvalue weighted by Gasteiger charge is 2.10. The summed E-state index contributed by atoms with van der Waals surface area (Å²) in [4.78, 5) is 25.0. The minimum absolute atomic E-state index is 0.184. The molecule has 2 aromatic carbocycles. The molecule has 0 aliphatic carbocycles. The van der Waals surface area contributed by atoms with Crippen molar-refractivity contribution < 1.29 is 19.1 Å². The molecule has 2 aromatic rings. The first-order chi connectivity index (χ1) is 11.6. The number of ether oxygens (including phenoxy) is 2. The number of anilines is 1. The van der Waals surface area contributed by atoms with Crippen molar-refractivity contribution in [3.05, 3.63) is 53.6 Å². The third-order valence-electron chi connectivity index (χ3n) is 2.83. The quantitative estimate of drug-likeness (QED) is 0.759. The lowest BCUT2D eigenvalue weighted by atomic mass is 10.3. The Morgan fingerprint density at radius 3 is 2.50 bits per heavy atom. The van der Waals surface area contributed by atoms with Crippen LogP contribution in [0.1, 0.15) is 0 Å². The van der Waals surface area contributed by atoms with E-state index in [-0.39, 0.29) is 13.2 Å². The van der Waals surface area contributed by atoms with Crippen LogP contribution < -0.4 is 5.32 Å². The maximum absolute atomic E-state index is 11.9. The number of carbonyl (C=O) groups excluding carboxylic acids is 2. The fraction of sp³-hybridized carbons (Fsp3) is 0.176. The molecule has 0 heterocycles. The van der Waals surface area contributed by atoms with Gasteiger partial charge in [-0.05, 0) is 36.4 Å². The number of para-hydroxylation sites is 1. The van der Waals surface area contributed by atoms with E-state index < -0.39 is 11.9 Å². The van der Waals surface area contributed by atoms with Crippen molar-refractivity contribution in [1.82, 2.24) is 0 Å². The normalized spacial score (nSPS) is 10.2. The van der Waals surface area contributed by atoms with Crippen LogP contribution in [-0.4, -0.2) is 32.2 Å².